The summed E-state index contributed by atoms with van der Waals surface area (Å²) >= 11 is 0. The molecule has 2 aromatic carbocycles. The van der Waals surface area contributed by atoms with E-state index in [4.69, 9.17) is 0 Å². The minimum atomic E-state index is 0.710. The Kier molecular flexibility index (Phi) is 3.53. The maximum Gasteiger partial charge on any atom is 0.0607 e. The van der Waals surface area contributed by atoms with Gasteiger partial charge in [-0.1, -0.05) is 48.9 Å². The zero-order chi connectivity index (χ0) is 14.9. The lowest BCUT2D eigenvalue weighted by atomic mass is 10.0. The van der Waals surface area contributed by atoms with Crippen LogP contribution < -0.4 is 9.80 Å². The summed E-state index contributed by atoms with van der Waals surface area (Å²) < 4.78 is 0. The summed E-state index contributed by atoms with van der Waals surface area (Å²) in [6.45, 7) is 2.19. The molecule has 2 nitrogen and oxygen atoms in total. The Morgan fingerprint density at radius 3 is 2.45 bits per heavy atom. The van der Waals surface area contributed by atoms with Gasteiger partial charge in [-0.3, -0.25) is 0 Å². The van der Waals surface area contributed by atoms with Gasteiger partial charge in [0.2, 0.25) is 0 Å². The van der Waals surface area contributed by atoms with Crippen molar-refractivity contribution in [2.45, 2.75) is 31.8 Å². The summed E-state index contributed by atoms with van der Waals surface area (Å²) in [4.78, 5) is 5.13. The Morgan fingerprint density at radius 2 is 1.64 bits per heavy atom. The van der Waals surface area contributed by atoms with E-state index >= 15 is 0 Å². The second-order valence-corrected chi connectivity index (χ2v) is 6.72. The lowest BCUT2D eigenvalue weighted by Crippen LogP contribution is -2.36. The van der Waals surface area contributed by atoms with Gasteiger partial charge in [0.1, 0.15) is 0 Å². The van der Waals surface area contributed by atoms with E-state index in [1.807, 2.05) is 0 Å². The predicted molar refractivity (Wildman–Crippen MR) is 93.5 cm³/mol. The molecule has 0 unspecified atom stereocenters. The minimum Gasteiger partial charge on any atom is -0.370 e. The van der Waals surface area contributed by atoms with Crippen LogP contribution in [0.4, 0.5) is 11.4 Å². The molecule has 22 heavy (non-hydrogen) atoms. The average molecular weight is 292 g/mol. The maximum absolute atomic E-state index is 2.59. The van der Waals surface area contributed by atoms with E-state index in [9.17, 15) is 0 Å². The van der Waals surface area contributed by atoms with E-state index in [-0.39, 0.29) is 0 Å². The van der Waals surface area contributed by atoms with Crippen LogP contribution in [0.2, 0.25) is 0 Å². The molecule has 0 bridgehead atoms. The highest BCUT2D eigenvalue weighted by molar-refractivity contribution is 5.72. The van der Waals surface area contributed by atoms with Crippen LogP contribution in [0.5, 0.6) is 0 Å². The Morgan fingerprint density at radius 1 is 0.909 bits per heavy atom. The first-order valence-electron chi connectivity index (χ1n) is 8.43. The van der Waals surface area contributed by atoms with Crippen LogP contribution in [-0.2, 0) is 6.54 Å². The molecule has 1 heterocycles. The van der Waals surface area contributed by atoms with E-state index in [0.717, 1.165) is 12.5 Å². The van der Waals surface area contributed by atoms with Crippen molar-refractivity contribution in [2.24, 2.45) is 5.92 Å². The highest BCUT2D eigenvalue weighted by Gasteiger charge is 2.36. The zero-order valence-corrected chi connectivity index (χ0v) is 13.3. The van der Waals surface area contributed by atoms with E-state index in [1.165, 1.54) is 42.7 Å². The molecule has 2 atom stereocenters. The quantitative estimate of drug-likeness (QED) is 0.813. The smallest absolute Gasteiger partial charge is 0.0607 e. The lowest BCUT2D eigenvalue weighted by molar-refractivity contribution is 0.468. The van der Waals surface area contributed by atoms with Crippen LogP contribution in [-0.4, -0.2) is 19.6 Å². The molecule has 0 N–H and O–H groups in total. The lowest BCUT2D eigenvalue weighted by Gasteiger charge is -2.28. The molecule has 1 aliphatic heterocycles. The van der Waals surface area contributed by atoms with Crippen molar-refractivity contribution in [3.8, 4) is 0 Å². The van der Waals surface area contributed by atoms with Crippen molar-refractivity contribution >= 4 is 11.4 Å². The molecular formula is C20H24N2. The van der Waals surface area contributed by atoms with Crippen LogP contribution in [0.15, 0.2) is 54.6 Å². The van der Waals surface area contributed by atoms with Gasteiger partial charge in [-0.15, -0.1) is 0 Å². The Hall–Kier alpha value is -1.96. The van der Waals surface area contributed by atoms with Gasteiger partial charge in [-0.25, -0.2) is 0 Å². The van der Waals surface area contributed by atoms with E-state index in [2.05, 4.69) is 71.4 Å². The van der Waals surface area contributed by atoms with Crippen LogP contribution >= 0.6 is 0 Å². The van der Waals surface area contributed by atoms with E-state index < -0.39 is 0 Å². The maximum atomic E-state index is 2.59. The third-order valence-electron chi connectivity index (χ3n) is 5.39. The topological polar surface area (TPSA) is 6.48 Å². The molecule has 1 saturated carbocycles. The predicted octanol–water partition coefficient (Wildman–Crippen LogP) is 4.31. The first kappa shape index (κ1) is 13.7. The first-order chi connectivity index (χ1) is 10.8. The van der Waals surface area contributed by atoms with Crippen molar-refractivity contribution in [3.05, 3.63) is 60.2 Å². The van der Waals surface area contributed by atoms with Gasteiger partial charge in [0.05, 0.1) is 11.4 Å². The van der Waals surface area contributed by atoms with E-state index in [1.54, 1.807) is 0 Å². The third kappa shape index (κ3) is 2.37. The summed E-state index contributed by atoms with van der Waals surface area (Å²) in [6, 6.07) is 20.5. The van der Waals surface area contributed by atoms with Gasteiger partial charge in [0, 0.05) is 26.2 Å². The molecule has 0 spiro atoms. The largest absolute Gasteiger partial charge is 0.370 e. The van der Waals surface area contributed by atoms with Gasteiger partial charge in [0.15, 0.2) is 0 Å². The number of rotatable bonds is 2. The summed E-state index contributed by atoms with van der Waals surface area (Å²) in [5.74, 6) is 0.793. The van der Waals surface area contributed by atoms with Crippen LogP contribution in [0.25, 0.3) is 0 Å². The summed E-state index contributed by atoms with van der Waals surface area (Å²) in [5.41, 5.74) is 4.19. The number of hydrogen-bond donors (Lipinski definition) is 0. The monoisotopic (exact) mass is 292 g/mol. The summed E-state index contributed by atoms with van der Waals surface area (Å²) in [6.07, 6.45) is 4.09. The molecule has 0 saturated heterocycles. The number of anilines is 2. The van der Waals surface area contributed by atoms with Crippen molar-refractivity contribution in [3.63, 3.8) is 0 Å². The molecule has 2 heteroatoms. The van der Waals surface area contributed by atoms with Gasteiger partial charge >= 0.3 is 0 Å². The molecule has 114 valence electrons. The van der Waals surface area contributed by atoms with Crippen molar-refractivity contribution in [2.75, 3.05) is 23.4 Å². The number of fused-ring (bicyclic) bond motifs is 2. The molecule has 4 rings (SSSR count). The van der Waals surface area contributed by atoms with Gasteiger partial charge in [0.25, 0.3) is 0 Å². The Labute approximate surface area is 133 Å². The molecule has 1 fully saturated rings. The normalized spacial score (nSPS) is 23.9. The van der Waals surface area contributed by atoms with Gasteiger partial charge in [-0.05, 0) is 36.5 Å². The number of nitrogens with zero attached hydrogens (tertiary/aromatic N) is 2. The first-order valence-corrected chi connectivity index (χ1v) is 8.43. The molecule has 2 aromatic rings. The molecule has 0 radical (unpaired) electrons. The third-order valence-corrected chi connectivity index (χ3v) is 5.39. The van der Waals surface area contributed by atoms with E-state index in [0.29, 0.717) is 6.04 Å². The summed E-state index contributed by atoms with van der Waals surface area (Å²) in [5, 5.41) is 0. The highest BCUT2D eigenvalue weighted by atomic mass is 15.2. The highest BCUT2D eigenvalue weighted by Crippen LogP contribution is 2.41. The minimum absolute atomic E-state index is 0.710. The van der Waals surface area contributed by atoms with Gasteiger partial charge in [-0.2, -0.15) is 0 Å². The molecule has 0 aromatic heterocycles. The van der Waals surface area contributed by atoms with Crippen molar-refractivity contribution < 1.29 is 0 Å². The van der Waals surface area contributed by atoms with Crippen LogP contribution in [0, 0.1) is 5.92 Å². The number of benzene rings is 2. The molecule has 2 aliphatic rings. The molecule has 1 aliphatic carbocycles. The summed E-state index contributed by atoms with van der Waals surface area (Å²) in [7, 11) is 2.29. The molecule has 0 amide bonds. The second kappa shape index (κ2) is 5.68. The SMILES string of the molecule is CN1c2ccccc2N(Cc2ccccc2)C[C@@H]2CCC[C@H]21. The standard InChI is InChI=1S/C20H24N2/c1-21-18-13-7-10-17(18)15-22(14-16-8-3-2-4-9-16)20-12-6-5-11-19(20)21/h2-6,8-9,11-12,17-18H,7,10,13-15H2,1H3/t17-,18+/m0/s1. The zero-order valence-electron chi connectivity index (χ0n) is 13.3. The second-order valence-electron chi connectivity index (χ2n) is 6.72. The fourth-order valence-electron chi connectivity index (χ4n) is 4.28. The Bertz CT molecular complexity index is 637. The number of para-hydroxylation sites is 2. The average Bonchev–Trinajstić information content (AvgIpc) is 2.99. The van der Waals surface area contributed by atoms with Crippen LogP contribution in [0.1, 0.15) is 24.8 Å². The molecular weight excluding hydrogens is 268 g/mol. The van der Waals surface area contributed by atoms with Crippen molar-refractivity contribution in [1.82, 2.24) is 0 Å². The van der Waals surface area contributed by atoms with Crippen LogP contribution in [0.3, 0.4) is 0 Å². The Balaban J connectivity index is 1.72. The fraction of sp³-hybridized carbons (Fsp3) is 0.400. The van der Waals surface area contributed by atoms with Gasteiger partial charge < -0.3 is 9.80 Å². The van der Waals surface area contributed by atoms with Crippen molar-refractivity contribution in [1.29, 1.82) is 0 Å². The number of hydrogen-bond acceptors (Lipinski definition) is 2. The fourth-order valence-corrected chi connectivity index (χ4v) is 4.28.